The molecule has 0 heterocycles. The molecule has 6 heteroatoms. The number of hydrogen-bond acceptors (Lipinski definition) is 1. The Morgan fingerprint density at radius 3 is 2.30 bits per heavy atom. The predicted octanol–water partition coefficient (Wildman–Crippen LogP) is 3.76. The van der Waals surface area contributed by atoms with E-state index in [-0.39, 0.29) is 5.57 Å². The van der Waals surface area contributed by atoms with Gasteiger partial charge in [0.25, 0.3) is 0 Å². The number of hydrogen-bond donors (Lipinski definition) is 1. The van der Waals surface area contributed by atoms with Crippen LogP contribution in [0.4, 0.5) is 17.6 Å². The Bertz CT molecular complexity index is 587. The van der Waals surface area contributed by atoms with Gasteiger partial charge in [0.15, 0.2) is 0 Å². The highest BCUT2D eigenvalue weighted by atomic mass is 19.4. The molecule has 0 bridgehead atoms. The molecule has 20 heavy (non-hydrogen) atoms. The number of carbonyl (C=O) groups is 1. The normalized spacial score (nSPS) is 23.0. The second-order valence-electron chi connectivity index (χ2n) is 4.43. The predicted molar refractivity (Wildman–Crippen MR) is 64.6 cm³/mol. The summed E-state index contributed by atoms with van der Waals surface area (Å²) in [4.78, 5) is 11.1. The summed E-state index contributed by atoms with van der Waals surface area (Å²) in [6, 6.07) is 8.04. The zero-order chi connectivity index (χ0) is 15.0. The van der Waals surface area contributed by atoms with Crippen LogP contribution in [0.2, 0.25) is 0 Å². The van der Waals surface area contributed by atoms with Gasteiger partial charge in [-0.3, -0.25) is 0 Å². The third kappa shape index (κ3) is 2.45. The molecule has 0 radical (unpaired) electrons. The van der Waals surface area contributed by atoms with E-state index in [9.17, 15) is 22.4 Å². The Labute approximate surface area is 112 Å². The van der Waals surface area contributed by atoms with E-state index in [1.807, 2.05) is 0 Å². The molecule has 1 aliphatic rings. The largest absolute Gasteiger partial charge is 0.478 e. The highest BCUT2D eigenvalue weighted by molar-refractivity contribution is 6.00. The number of alkyl halides is 4. The van der Waals surface area contributed by atoms with E-state index in [0.29, 0.717) is 11.6 Å². The van der Waals surface area contributed by atoms with Crippen LogP contribution in [0.15, 0.2) is 48.1 Å². The summed E-state index contributed by atoms with van der Waals surface area (Å²) in [5.74, 6) is -1.56. The first kappa shape index (κ1) is 14.3. The van der Waals surface area contributed by atoms with Gasteiger partial charge in [-0.05, 0) is 17.2 Å². The lowest BCUT2D eigenvalue weighted by atomic mass is 9.84. The summed E-state index contributed by atoms with van der Waals surface area (Å²) >= 11 is 0. The first-order chi connectivity index (χ1) is 9.24. The van der Waals surface area contributed by atoms with Gasteiger partial charge in [0.2, 0.25) is 5.67 Å². The molecule has 0 saturated heterocycles. The van der Waals surface area contributed by atoms with Crippen molar-refractivity contribution in [3.8, 4) is 0 Å². The van der Waals surface area contributed by atoms with E-state index < -0.39 is 29.8 Å². The minimum atomic E-state index is -5.15. The molecule has 0 fully saturated rings. The fourth-order valence-electron chi connectivity index (χ4n) is 2.00. The monoisotopic (exact) mass is 286 g/mol. The fourth-order valence-corrected chi connectivity index (χ4v) is 2.00. The molecule has 1 aromatic carbocycles. The minimum absolute atomic E-state index is 0.0932. The maximum absolute atomic E-state index is 13.9. The number of halogens is 4. The van der Waals surface area contributed by atoms with Crippen molar-refractivity contribution in [3.05, 3.63) is 53.6 Å². The number of aliphatic carboxylic acids is 1. The van der Waals surface area contributed by atoms with Crippen LogP contribution in [0.25, 0.3) is 5.57 Å². The Morgan fingerprint density at radius 1 is 1.20 bits per heavy atom. The van der Waals surface area contributed by atoms with Crippen molar-refractivity contribution >= 4 is 11.5 Å². The van der Waals surface area contributed by atoms with E-state index in [4.69, 9.17) is 5.11 Å². The third-order valence-electron chi connectivity index (χ3n) is 3.09. The number of allylic oxidation sites excluding steroid dienone is 3. The maximum Gasteiger partial charge on any atom is 0.426 e. The quantitative estimate of drug-likeness (QED) is 0.841. The molecule has 1 aliphatic carbocycles. The van der Waals surface area contributed by atoms with Crippen LogP contribution in [0.3, 0.4) is 0 Å². The highest BCUT2D eigenvalue weighted by Gasteiger charge is 2.56. The first-order valence-electron chi connectivity index (χ1n) is 5.71. The summed E-state index contributed by atoms with van der Waals surface area (Å²) < 4.78 is 51.8. The van der Waals surface area contributed by atoms with E-state index in [1.54, 1.807) is 30.3 Å². The number of carboxylic acids is 1. The van der Waals surface area contributed by atoms with Gasteiger partial charge >= 0.3 is 12.1 Å². The second-order valence-corrected chi connectivity index (χ2v) is 4.43. The van der Waals surface area contributed by atoms with Crippen LogP contribution < -0.4 is 0 Å². The van der Waals surface area contributed by atoms with Gasteiger partial charge in [-0.2, -0.15) is 13.2 Å². The van der Waals surface area contributed by atoms with E-state index in [2.05, 4.69) is 0 Å². The van der Waals surface area contributed by atoms with E-state index >= 15 is 0 Å². The molecule has 1 unspecified atom stereocenters. The average molecular weight is 286 g/mol. The summed E-state index contributed by atoms with van der Waals surface area (Å²) in [6.07, 6.45) is -5.11. The van der Waals surface area contributed by atoms with Crippen LogP contribution in [0.5, 0.6) is 0 Å². The lowest BCUT2D eigenvalue weighted by Crippen LogP contribution is -2.41. The molecule has 1 atom stereocenters. The van der Waals surface area contributed by atoms with Gasteiger partial charge in [0.05, 0.1) is 0 Å². The molecule has 0 spiro atoms. The summed E-state index contributed by atoms with van der Waals surface area (Å²) in [7, 11) is 0. The van der Waals surface area contributed by atoms with Crippen molar-refractivity contribution in [2.24, 2.45) is 0 Å². The van der Waals surface area contributed by atoms with E-state index in [0.717, 1.165) is 6.08 Å². The van der Waals surface area contributed by atoms with Gasteiger partial charge in [-0.1, -0.05) is 36.4 Å². The van der Waals surface area contributed by atoms with Gasteiger partial charge in [-0.15, -0.1) is 0 Å². The standard InChI is InChI=1S/C14H10F4O2/c15-13(14(16,17)18)7-6-10(11(8-13)12(19)20)9-4-2-1-3-5-9/h1-7H,8H2,(H,19,20). The van der Waals surface area contributed by atoms with Crippen LogP contribution in [0, 0.1) is 0 Å². The lowest BCUT2D eigenvalue weighted by molar-refractivity contribution is -0.211. The SMILES string of the molecule is O=C(O)C1=C(c2ccccc2)C=CC(F)(C(F)(F)F)C1. The number of carboxylic acid groups (broad SMARTS) is 1. The second kappa shape index (κ2) is 4.77. The molecule has 1 N–H and O–H groups in total. The van der Waals surface area contributed by atoms with Crippen molar-refractivity contribution in [1.82, 2.24) is 0 Å². The molecular formula is C14H10F4O2. The average Bonchev–Trinajstić information content (AvgIpc) is 2.38. The Hall–Kier alpha value is -2.11. The molecule has 0 aromatic heterocycles. The molecule has 106 valence electrons. The summed E-state index contributed by atoms with van der Waals surface area (Å²) in [5, 5.41) is 9.04. The van der Waals surface area contributed by atoms with Crippen molar-refractivity contribution in [1.29, 1.82) is 0 Å². The Morgan fingerprint density at radius 2 is 1.80 bits per heavy atom. The zero-order valence-electron chi connectivity index (χ0n) is 10.1. The van der Waals surface area contributed by atoms with Crippen LogP contribution in [-0.2, 0) is 4.79 Å². The Balaban J connectivity index is 2.50. The van der Waals surface area contributed by atoms with Crippen molar-refractivity contribution in [2.45, 2.75) is 18.3 Å². The minimum Gasteiger partial charge on any atom is -0.478 e. The fraction of sp³-hybridized carbons (Fsp3) is 0.214. The smallest absolute Gasteiger partial charge is 0.426 e. The Kier molecular flexibility index (Phi) is 3.41. The van der Waals surface area contributed by atoms with Gasteiger partial charge in [-0.25, -0.2) is 9.18 Å². The number of benzene rings is 1. The van der Waals surface area contributed by atoms with Crippen molar-refractivity contribution in [2.75, 3.05) is 0 Å². The van der Waals surface area contributed by atoms with E-state index in [1.165, 1.54) is 0 Å². The maximum atomic E-state index is 13.9. The molecule has 2 rings (SSSR count). The summed E-state index contributed by atoms with van der Waals surface area (Å²) in [6.45, 7) is 0. The zero-order valence-corrected chi connectivity index (χ0v) is 10.1. The van der Waals surface area contributed by atoms with Crippen LogP contribution in [-0.4, -0.2) is 22.9 Å². The highest BCUT2D eigenvalue weighted by Crippen LogP contribution is 2.44. The van der Waals surface area contributed by atoms with Crippen molar-refractivity contribution in [3.63, 3.8) is 0 Å². The topological polar surface area (TPSA) is 37.3 Å². The van der Waals surface area contributed by atoms with Gasteiger partial charge < -0.3 is 5.11 Å². The van der Waals surface area contributed by atoms with Gasteiger partial charge in [0.1, 0.15) is 0 Å². The molecule has 1 aromatic rings. The lowest BCUT2D eigenvalue weighted by Gasteiger charge is -2.28. The molecule has 0 amide bonds. The third-order valence-corrected chi connectivity index (χ3v) is 3.09. The summed E-state index contributed by atoms with van der Waals surface area (Å²) in [5.41, 5.74) is -3.70. The van der Waals surface area contributed by atoms with Crippen LogP contribution >= 0.6 is 0 Å². The molecule has 0 saturated carbocycles. The van der Waals surface area contributed by atoms with Gasteiger partial charge in [0, 0.05) is 12.0 Å². The first-order valence-corrected chi connectivity index (χ1v) is 5.71. The molecule has 0 aliphatic heterocycles. The molecular weight excluding hydrogens is 276 g/mol. The van der Waals surface area contributed by atoms with Crippen LogP contribution in [0.1, 0.15) is 12.0 Å². The number of rotatable bonds is 2. The van der Waals surface area contributed by atoms with Crippen molar-refractivity contribution < 1.29 is 27.5 Å². The molecule has 2 nitrogen and oxygen atoms in total.